The predicted octanol–water partition coefficient (Wildman–Crippen LogP) is 2.02. The van der Waals surface area contributed by atoms with E-state index >= 15 is 0 Å². The summed E-state index contributed by atoms with van der Waals surface area (Å²) in [5.41, 5.74) is 0. The molecule has 2 atom stereocenters. The summed E-state index contributed by atoms with van der Waals surface area (Å²) in [5.74, 6) is 0.906. The van der Waals surface area contributed by atoms with Gasteiger partial charge < -0.3 is 10.6 Å². The third-order valence-electron chi connectivity index (χ3n) is 3.40. The number of fused-ring (bicyclic) bond motifs is 2. The second kappa shape index (κ2) is 6.38. The molecular weight excluding hydrogens is 259 g/mol. The molecule has 6 heteroatoms. The van der Waals surface area contributed by atoms with E-state index in [1.54, 1.807) is 6.20 Å². The average Bonchev–Trinajstić information content (AvgIpc) is 2.60. The summed E-state index contributed by atoms with van der Waals surface area (Å²) in [6.07, 6.45) is 6.81. The summed E-state index contributed by atoms with van der Waals surface area (Å²) in [4.78, 5) is 0. The molecule has 4 nitrogen and oxygen atoms in total. The highest BCUT2D eigenvalue weighted by atomic mass is 35.5. The Bertz CT molecular complexity index is 324. The van der Waals surface area contributed by atoms with Crippen molar-refractivity contribution in [3.05, 3.63) is 18.3 Å². The van der Waals surface area contributed by atoms with Crippen molar-refractivity contribution in [2.45, 2.75) is 43.8 Å². The summed E-state index contributed by atoms with van der Waals surface area (Å²) >= 11 is 0. The number of rotatable bonds is 2. The third kappa shape index (κ3) is 3.44. The van der Waals surface area contributed by atoms with E-state index in [0.717, 1.165) is 17.9 Å². The maximum atomic E-state index is 4.06. The number of hydrogen-bond acceptors (Lipinski definition) is 4. The molecule has 2 bridgehead atoms. The van der Waals surface area contributed by atoms with Crippen LogP contribution in [-0.4, -0.2) is 28.3 Å². The zero-order valence-corrected chi connectivity index (χ0v) is 11.1. The van der Waals surface area contributed by atoms with Gasteiger partial charge >= 0.3 is 0 Å². The molecule has 2 aliphatic rings. The quantitative estimate of drug-likeness (QED) is 0.868. The van der Waals surface area contributed by atoms with Gasteiger partial charge in [0.1, 0.15) is 5.82 Å². The molecule has 2 fully saturated rings. The van der Waals surface area contributed by atoms with Gasteiger partial charge in [-0.2, -0.15) is 5.10 Å². The van der Waals surface area contributed by atoms with Gasteiger partial charge in [-0.1, -0.05) is 0 Å². The van der Waals surface area contributed by atoms with E-state index in [2.05, 4.69) is 20.8 Å². The molecular formula is C11H18Cl2N4. The number of piperidine rings is 1. The van der Waals surface area contributed by atoms with Crippen LogP contribution in [-0.2, 0) is 0 Å². The predicted molar refractivity (Wildman–Crippen MR) is 73.1 cm³/mol. The van der Waals surface area contributed by atoms with E-state index in [1.165, 1.54) is 25.7 Å². The lowest BCUT2D eigenvalue weighted by Crippen LogP contribution is -2.43. The maximum absolute atomic E-state index is 4.06. The number of nitrogens with zero attached hydrogens (tertiary/aromatic N) is 2. The second-order valence-electron chi connectivity index (χ2n) is 4.56. The van der Waals surface area contributed by atoms with Crippen molar-refractivity contribution in [2.24, 2.45) is 0 Å². The van der Waals surface area contributed by atoms with Crippen molar-refractivity contribution in [2.75, 3.05) is 5.32 Å². The van der Waals surface area contributed by atoms with Gasteiger partial charge in [-0.3, -0.25) is 0 Å². The lowest BCUT2D eigenvalue weighted by molar-refractivity contribution is 0.377. The standard InChI is InChI=1S/C11H16N4.2ClH/c1-2-11(15-12-5-1)14-10-6-8-3-4-9(7-10)13-8;;/h1-2,5,8-10,13H,3-4,6-7H2,(H,14,15);2*1H. The monoisotopic (exact) mass is 276 g/mol. The Balaban J connectivity index is 0.000000722. The van der Waals surface area contributed by atoms with Crippen LogP contribution in [0.5, 0.6) is 0 Å². The first-order valence-corrected chi connectivity index (χ1v) is 5.70. The summed E-state index contributed by atoms with van der Waals surface area (Å²) in [6.45, 7) is 0. The second-order valence-corrected chi connectivity index (χ2v) is 4.56. The van der Waals surface area contributed by atoms with Crippen molar-refractivity contribution in [1.29, 1.82) is 0 Å². The van der Waals surface area contributed by atoms with E-state index in [0.29, 0.717) is 6.04 Å². The van der Waals surface area contributed by atoms with Gasteiger partial charge in [-0.05, 0) is 37.8 Å². The van der Waals surface area contributed by atoms with Gasteiger partial charge in [-0.15, -0.1) is 29.9 Å². The molecule has 2 saturated heterocycles. The highest BCUT2D eigenvalue weighted by Gasteiger charge is 2.33. The van der Waals surface area contributed by atoms with Gasteiger partial charge in [0.25, 0.3) is 0 Å². The van der Waals surface area contributed by atoms with Crippen LogP contribution < -0.4 is 10.6 Å². The highest BCUT2D eigenvalue weighted by molar-refractivity contribution is 5.85. The Kier molecular flexibility index (Phi) is 5.43. The van der Waals surface area contributed by atoms with Crippen molar-refractivity contribution in [3.8, 4) is 0 Å². The first kappa shape index (κ1) is 14.5. The topological polar surface area (TPSA) is 49.8 Å². The number of nitrogens with one attached hydrogen (secondary N) is 2. The van der Waals surface area contributed by atoms with Crippen LogP contribution in [0.25, 0.3) is 0 Å². The minimum absolute atomic E-state index is 0. The molecule has 2 N–H and O–H groups in total. The highest BCUT2D eigenvalue weighted by Crippen LogP contribution is 2.28. The Hall–Kier alpha value is -0.580. The molecule has 1 aromatic heterocycles. The molecule has 0 saturated carbocycles. The Morgan fingerprint density at radius 3 is 2.47 bits per heavy atom. The zero-order valence-electron chi connectivity index (χ0n) is 9.50. The van der Waals surface area contributed by atoms with Crippen molar-refractivity contribution >= 4 is 30.6 Å². The van der Waals surface area contributed by atoms with Crippen LogP contribution in [0.15, 0.2) is 18.3 Å². The maximum Gasteiger partial charge on any atom is 0.148 e. The van der Waals surface area contributed by atoms with Crippen molar-refractivity contribution in [3.63, 3.8) is 0 Å². The fourth-order valence-corrected chi connectivity index (χ4v) is 2.76. The molecule has 0 aliphatic carbocycles. The number of hydrogen-bond donors (Lipinski definition) is 2. The van der Waals surface area contributed by atoms with Gasteiger partial charge in [-0.25, -0.2) is 0 Å². The van der Waals surface area contributed by atoms with Gasteiger partial charge in [0.2, 0.25) is 0 Å². The average molecular weight is 277 g/mol. The first-order valence-electron chi connectivity index (χ1n) is 5.70. The Labute approximate surface area is 114 Å². The summed E-state index contributed by atoms with van der Waals surface area (Å²) < 4.78 is 0. The van der Waals surface area contributed by atoms with Gasteiger partial charge in [0, 0.05) is 24.3 Å². The largest absolute Gasteiger partial charge is 0.366 e. The van der Waals surface area contributed by atoms with E-state index in [-0.39, 0.29) is 24.8 Å². The van der Waals surface area contributed by atoms with E-state index in [9.17, 15) is 0 Å². The third-order valence-corrected chi connectivity index (χ3v) is 3.40. The lowest BCUT2D eigenvalue weighted by Gasteiger charge is -2.29. The minimum atomic E-state index is 0. The summed E-state index contributed by atoms with van der Waals surface area (Å²) in [6, 6.07) is 5.92. The minimum Gasteiger partial charge on any atom is -0.366 e. The molecule has 3 rings (SSSR count). The lowest BCUT2D eigenvalue weighted by atomic mass is 10.00. The van der Waals surface area contributed by atoms with Crippen LogP contribution in [0.3, 0.4) is 0 Å². The number of anilines is 1. The molecule has 2 aliphatic heterocycles. The SMILES string of the molecule is Cl.Cl.c1cnnc(NC2CC3CCC(C2)N3)c1. The molecule has 96 valence electrons. The van der Waals surface area contributed by atoms with Gasteiger partial charge in [0.05, 0.1) is 0 Å². The van der Waals surface area contributed by atoms with Crippen LogP contribution in [0.1, 0.15) is 25.7 Å². The molecule has 17 heavy (non-hydrogen) atoms. The van der Waals surface area contributed by atoms with Crippen molar-refractivity contribution in [1.82, 2.24) is 15.5 Å². The van der Waals surface area contributed by atoms with E-state index in [1.807, 2.05) is 12.1 Å². The van der Waals surface area contributed by atoms with E-state index < -0.39 is 0 Å². The fraction of sp³-hybridized carbons (Fsp3) is 0.636. The van der Waals surface area contributed by atoms with E-state index in [4.69, 9.17) is 0 Å². The summed E-state index contributed by atoms with van der Waals surface area (Å²) in [5, 5.41) is 15.0. The van der Waals surface area contributed by atoms with Crippen LogP contribution in [0, 0.1) is 0 Å². The number of aromatic nitrogens is 2. The molecule has 2 unspecified atom stereocenters. The van der Waals surface area contributed by atoms with Crippen LogP contribution in [0.2, 0.25) is 0 Å². The molecule has 0 spiro atoms. The first-order chi connectivity index (χ1) is 7.40. The molecule has 3 heterocycles. The Morgan fingerprint density at radius 1 is 1.18 bits per heavy atom. The summed E-state index contributed by atoms with van der Waals surface area (Å²) in [7, 11) is 0. The zero-order chi connectivity index (χ0) is 10.1. The normalized spacial score (nSPS) is 30.0. The molecule has 1 aromatic rings. The Morgan fingerprint density at radius 2 is 1.88 bits per heavy atom. The van der Waals surface area contributed by atoms with Crippen LogP contribution in [0.4, 0.5) is 5.82 Å². The van der Waals surface area contributed by atoms with Crippen molar-refractivity contribution < 1.29 is 0 Å². The molecule has 0 amide bonds. The van der Waals surface area contributed by atoms with Crippen LogP contribution >= 0.6 is 24.8 Å². The van der Waals surface area contributed by atoms with Gasteiger partial charge in [0.15, 0.2) is 0 Å². The fourth-order valence-electron chi connectivity index (χ4n) is 2.76. The smallest absolute Gasteiger partial charge is 0.148 e. The molecule has 0 aromatic carbocycles. The number of halogens is 2. The molecule has 0 radical (unpaired) electrons.